The number of benzene rings is 1. The molecule has 0 aliphatic rings. The first-order valence-corrected chi connectivity index (χ1v) is 6.88. The van der Waals surface area contributed by atoms with Crippen molar-refractivity contribution in [3.8, 4) is 5.75 Å². The van der Waals surface area contributed by atoms with E-state index in [1.807, 2.05) is 19.1 Å². The van der Waals surface area contributed by atoms with E-state index in [2.05, 4.69) is 15.5 Å². The fraction of sp³-hybridized carbons (Fsp3) is 0.231. The highest BCUT2D eigenvalue weighted by Gasteiger charge is 2.11. The first kappa shape index (κ1) is 14.9. The normalized spacial score (nSPS) is 10.1. The van der Waals surface area contributed by atoms with Crippen molar-refractivity contribution in [2.75, 3.05) is 11.9 Å². The Hall–Kier alpha value is -2.48. The number of nitrogens with one attached hydrogen (secondary N) is 1. The highest BCUT2D eigenvalue weighted by Crippen LogP contribution is 2.16. The predicted octanol–water partition coefficient (Wildman–Crippen LogP) is 1.49. The summed E-state index contributed by atoms with van der Waals surface area (Å²) in [5, 5.41) is 19.1. The molecule has 1 aromatic heterocycles. The quantitative estimate of drug-likeness (QED) is 0.838. The van der Waals surface area contributed by atoms with Crippen molar-refractivity contribution in [1.82, 2.24) is 10.2 Å². The lowest BCUT2D eigenvalue weighted by Crippen LogP contribution is -2.20. The van der Waals surface area contributed by atoms with Crippen LogP contribution in [-0.2, 0) is 16.0 Å². The molecule has 8 heteroatoms. The number of rotatable bonds is 6. The van der Waals surface area contributed by atoms with Gasteiger partial charge in [-0.2, -0.15) is 0 Å². The van der Waals surface area contributed by atoms with E-state index in [-0.39, 0.29) is 24.1 Å². The smallest absolute Gasteiger partial charge is 0.310 e. The number of amides is 1. The van der Waals surface area contributed by atoms with Gasteiger partial charge < -0.3 is 9.84 Å². The van der Waals surface area contributed by atoms with Gasteiger partial charge in [-0.3, -0.25) is 14.9 Å². The Morgan fingerprint density at radius 1 is 1.29 bits per heavy atom. The molecular weight excluding hydrogens is 294 g/mol. The van der Waals surface area contributed by atoms with Gasteiger partial charge in [0.1, 0.15) is 10.8 Å². The molecule has 1 heterocycles. The first-order chi connectivity index (χ1) is 10.0. The number of ether oxygens (including phenoxy) is 1. The van der Waals surface area contributed by atoms with Crippen LogP contribution in [0.25, 0.3) is 0 Å². The number of carboxylic acids is 1. The summed E-state index contributed by atoms with van der Waals surface area (Å²) in [7, 11) is 0. The zero-order chi connectivity index (χ0) is 15.2. The second-order valence-corrected chi connectivity index (χ2v) is 5.28. The molecule has 1 amide bonds. The molecule has 0 aliphatic heterocycles. The van der Waals surface area contributed by atoms with Crippen molar-refractivity contribution in [3.63, 3.8) is 0 Å². The lowest BCUT2D eigenvalue weighted by atomic mass is 10.2. The number of anilines is 1. The lowest BCUT2D eigenvalue weighted by Gasteiger charge is -2.05. The van der Waals surface area contributed by atoms with Crippen LogP contribution in [0.5, 0.6) is 5.75 Å². The fourth-order valence-electron chi connectivity index (χ4n) is 1.44. The van der Waals surface area contributed by atoms with E-state index in [1.165, 1.54) is 0 Å². The predicted molar refractivity (Wildman–Crippen MR) is 76.6 cm³/mol. The Morgan fingerprint density at radius 2 is 2.00 bits per heavy atom. The highest BCUT2D eigenvalue weighted by molar-refractivity contribution is 7.15. The minimum Gasteiger partial charge on any atom is -0.484 e. The minimum absolute atomic E-state index is 0.156. The molecule has 7 nitrogen and oxygen atoms in total. The van der Waals surface area contributed by atoms with Gasteiger partial charge >= 0.3 is 5.97 Å². The monoisotopic (exact) mass is 307 g/mol. The van der Waals surface area contributed by atoms with Gasteiger partial charge in [0.25, 0.3) is 5.91 Å². The fourth-order valence-corrected chi connectivity index (χ4v) is 2.19. The SMILES string of the molecule is Cc1ccc(OCC(=O)Nc2nnc(CC(=O)O)s2)cc1. The van der Waals surface area contributed by atoms with Crippen LogP contribution < -0.4 is 10.1 Å². The molecule has 21 heavy (non-hydrogen) atoms. The van der Waals surface area contributed by atoms with Gasteiger partial charge in [-0.15, -0.1) is 10.2 Å². The van der Waals surface area contributed by atoms with Crippen molar-refractivity contribution in [2.24, 2.45) is 0 Å². The van der Waals surface area contributed by atoms with Crippen molar-refractivity contribution in [3.05, 3.63) is 34.8 Å². The zero-order valence-corrected chi connectivity index (χ0v) is 12.0. The first-order valence-electron chi connectivity index (χ1n) is 6.06. The van der Waals surface area contributed by atoms with Gasteiger partial charge in [-0.1, -0.05) is 29.0 Å². The molecule has 0 bridgehead atoms. The molecule has 2 N–H and O–H groups in total. The molecule has 2 aromatic rings. The molecule has 0 atom stereocenters. The van der Waals surface area contributed by atoms with Gasteiger partial charge in [0.2, 0.25) is 5.13 Å². The summed E-state index contributed by atoms with van der Waals surface area (Å²) < 4.78 is 5.32. The van der Waals surface area contributed by atoms with Crippen molar-refractivity contribution in [2.45, 2.75) is 13.3 Å². The van der Waals surface area contributed by atoms with Crippen molar-refractivity contribution in [1.29, 1.82) is 0 Å². The molecule has 2 rings (SSSR count). The van der Waals surface area contributed by atoms with E-state index in [1.54, 1.807) is 12.1 Å². The maximum Gasteiger partial charge on any atom is 0.310 e. The topological polar surface area (TPSA) is 101 Å². The molecule has 0 spiro atoms. The highest BCUT2D eigenvalue weighted by atomic mass is 32.1. The number of carboxylic acid groups (broad SMARTS) is 1. The third-order valence-corrected chi connectivity index (χ3v) is 3.25. The van der Waals surface area contributed by atoms with E-state index in [0.29, 0.717) is 10.8 Å². The number of hydrogen-bond donors (Lipinski definition) is 2. The second-order valence-electron chi connectivity index (χ2n) is 4.22. The van der Waals surface area contributed by atoms with Gasteiger partial charge in [0, 0.05) is 0 Å². The summed E-state index contributed by atoms with van der Waals surface area (Å²) in [5.74, 6) is -0.778. The molecule has 0 unspecified atom stereocenters. The number of carbonyl (C=O) groups excluding carboxylic acids is 1. The average molecular weight is 307 g/mol. The van der Waals surface area contributed by atoms with Crippen molar-refractivity contribution >= 4 is 28.3 Å². The number of aliphatic carboxylic acids is 1. The van der Waals surface area contributed by atoms with E-state index >= 15 is 0 Å². The van der Waals surface area contributed by atoms with Crippen LogP contribution >= 0.6 is 11.3 Å². The number of nitrogens with zero attached hydrogens (tertiary/aromatic N) is 2. The summed E-state index contributed by atoms with van der Waals surface area (Å²) in [6.45, 7) is 1.80. The third kappa shape index (κ3) is 4.84. The standard InChI is InChI=1S/C13H13N3O4S/c1-8-2-4-9(5-3-8)20-7-10(17)14-13-16-15-11(21-13)6-12(18)19/h2-5H,6-7H2,1H3,(H,18,19)(H,14,16,17). The summed E-state index contributed by atoms with van der Waals surface area (Å²) in [6, 6.07) is 7.32. The largest absolute Gasteiger partial charge is 0.484 e. The van der Waals surface area contributed by atoms with Crippen LogP contribution in [0.1, 0.15) is 10.6 Å². The van der Waals surface area contributed by atoms with Gasteiger partial charge in [0.05, 0.1) is 6.42 Å². The maximum atomic E-state index is 11.7. The molecule has 110 valence electrons. The number of aryl methyl sites for hydroxylation is 1. The van der Waals surface area contributed by atoms with Crippen LogP contribution in [0.3, 0.4) is 0 Å². The summed E-state index contributed by atoms with van der Waals surface area (Å²) >= 11 is 1.02. The van der Waals surface area contributed by atoms with E-state index < -0.39 is 5.97 Å². The number of carbonyl (C=O) groups is 2. The Morgan fingerprint density at radius 3 is 2.67 bits per heavy atom. The molecular formula is C13H13N3O4S. The molecule has 1 aromatic carbocycles. The van der Waals surface area contributed by atoms with E-state index in [9.17, 15) is 9.59 Å². The number of hydrogen-bond acceptors (Lipinski definition) is 6. The van der Waals surface area contributed by atoms with Gasteiger partial charge in [0.15, 0.2) is 6.61 Å². The van der Waals surface area contributed by atoms with Gasteiger partial charge in [-0.05, 0) is 19.1 Å². The average Bonchev–Trinajstić information content (AvgIpc) is 2.84. The number of aromatic nitrogens is 2. The summed E-state index contributed by atoms with van der Waals surface area (Å²) in [4.78, 5) is 22.2. The molecule has 0 aliphatic carbocycles. The van der Waals surface area contributed by atoms with Crippen LogP contribution in [-0.4, -0.2) is 33.8 Å². The third-order valence-electron chi connectivity index (χ3n) is 2.41. The maximum absolute atomic E-state index is 11.7. The molecule has 0 radical (unpaired) electrons. The van der Waals surface area contributed by atoms with Crippen molar-refractivity contribution < 1.29 is 19.4 Å². The lowest BCUT2D eigenvalue weighted by molar-refractivity contribution is -0.136. The Bertz CT molecular complexity index is 639. The van der Waals surface area contributed by atoms with E-state index in [0.717, 1.165) is 16.9 Å². The molecule has 0 saturated carbocycles. The summed E-state index contributed by atoms with van der Waals surface area (Å²) in [5.41, 5.74) is 1.10. The molecule has 0 saturated heterocycles. The van der Waals surface area contributed by atoms with Crippen LogP contribution in [0.4, 0.5) is 5.13 Å². The van der Waals surface area contributed by atoms with Crippen LogP contribution in [0, 0.1) is 6.92 Å². The zero-order valence-electron chi connectivity index (χ0n) is 11.2. The van der Waals surface area contributed by atoms with E-state index in [4.69, 9.17) is 9.84 Å². The second kappa shape index (κ2) is 6.80. The van der Waals surface area contributed by atoms with Crippen LogP contribution in [0.15, 0.2) is 24.3 Å². The Labute approximate surface area is 124 Å². The molecule has 0 fully saturated rings. The minimum atomic E-state index is -0.994. The van der Waals surface area contributed by atoms with Crippen LogP contribution in [0.2, 0.25) is 0 Å². The summed E-state index contributed by atoms with van der Waals surface area (Å²) in [6.07, 6.45) is -0.215. The van der Waals surface area contributed by atoms with Gasteiger partial charge in [-0.25, -0.2) is 0 Å². The Balaban J connectivity index is 1.82. The Kier molecular flexibility index (Phi) is 4.83.